The third-order valence-corrected chi connectivity index (χ3v) is 3.66. The number of methoxy groups -OCH3 is 1. The molecule has 0 saturated carbocycles. The first-order chi connectivity index (χ1) is 7.91. The second-order valence-corrected chi connectivity index (χ2v) is 5.67. The summed E-state index contributed by atoms with van der Waals surface area (Å²) in [5, 5.41) is 8.84. The van der Waals surface area contributed by atoms with E-state index in [4.69, 9.17) is 15.7 Å². The lowest BCUT2D eigenvalue weighted by atomic mass is 9.94. The summed E-state index contributed by atoms with van der Waals surface area (Å²) < 4.78 is 5.56. The zero-order valence-corrected chi connectivity index (χ0v) is 11.3. The van der Waals surface area contributed by atoms with E-state index in [-0.39, 0.29) is 5.60 Å². The predicted octanol–water partition coefficient (Wildman–Crippen LogP) is 1.51. The Bertz CT molecular complexity index is 285. The SMILES string of the molecule is COC1(C)CCCN(CCCC(C)(N)C#N)C1. The quantitative estimate of drug-likeness (QED) is 0.790. The van der Waals surface area contributed by atoms with Gasteiger partial charge >= 0.3 is 0 Å². The molecule has 98 valence electrons. The first-order valence-corrected chi connectivity index (χ1v) is 6.38. The molecular weight excluding hydrogens is 214 g/mol. The molecule has 4 nitrogen and oxygen atoms in total. The third kappa shape index (κ3) is 4.63. The number of hydrogen-bond acceptors (Lipinski definition) is 4. The van der Waals surface area contributed by atoms with Crippen molar-refractivity contribution >= 4 is 0 Å². The highest BCUT2D eigenvalue weighted by Crippen LogP contribution is 2.24. The van der Waals surface area contributed by atoms with Gasteiger partial charge in [0.15, 0.2) is 0 Å². The molecule has 2 N–H and O–H groups in total. The molecule has 0 aromatic heterocycles. The molecule has 4 heteroatoms. The molecule has 0 radical (unpaired) electrons. The van der Waals surface area contributed by atoms with Crippen LogP contribution >= 0.6 is 0 Å². The van der Waals surface area contributed by atoms with Crippen LogP contribution in [0.5, 0.6) is 0 Å². The van der Waals surface area contributed by atoms with E-state index in [2.05, 4.69) is 17.9 Å². The number of nitrogens with zero attached hydrogens (tertiary/aromatic N) is 2. The fraction of sp³-hybridized carbons (Fsp3) is 0.923. The molecule has 0 amide bonds. The predicted molar refractivity (Wildman–Crippen MR) is 68.5 cm³/mol. The molecule has 0 spiro atoms. The highest BCUT2D eigenvalue weighted by Gasteiger charge is 2.30. The largest absolute Gasteiger partial charge is 0.377 e. The Kier molecular flexibility index (Phi) is 4.93. The van der Waals surface area contributed by atoms with Crippen LogP contribution in [0.1, 0.15) is 39.5 Å². The van der Waals surface area contributed by atoms with Gasteiger partial charge in [0.1, 0.15) is 5.54 Å². The van der Waals surface area contributed by atoms with Gasteiger partial charge in [0.2, 0.25) is 0 Å². The Morgan fingerprint density at radius 1 is 1.59 bits per heavy atom. The van der Waals surface area contributed by atoms with Gasteiger partial charge in [0.25, 0.3) is 0 Å². The topological polar surface area (TPSA) is 62.3 Å². The van der Waals surface area contributed by atoms with Gasteiger partial charge in [0, 0.05) is 13.7 Å². The fourth-order valence-corrected chi connectivity index (χ4v) is 2.39. The van der Waals surface area contributed by atoms with Crippen LogP contribution < -0.4 is 5.73 Å². The standard InChI is InChI=1S/C13H25N3O/c1-12(15,10-14)6-4-8-16-9-5-7-13(2,11-16)17-3/h4-9,11,15H2,1-3H3. The van der Waals surface area contributed by atoms with Crippen molar-refractivity contribution in [2.75, 3.05) is 26.7 Å². The molecule has 0 bridgehead atoms. The highest BCUT2D eigenvalue weighted by molar-refractivity contribution is 5.00. The van der Waals surface area contributed by atoms with Crippen LogP contribution in [0, 0.1) is 11.3 Å². The second kappa shape index (κ2) is 5.81. The van der Waals surface area contributed by atoms with Crippen LogP contribution in [-0.2, 0) is 4.74 Å². The van der Waals surface area contributed by atoms with E-state index >= 15 is 0 Å². The molecule has 0 aromatic rings. The Morgan fingerprint density at radius 2 is 2.29 bits per heavy atom. The molecule has 0 aromatic carbocycles. The minimum atomic E-state index is -0.680. The number of ether oxygens (including phenoxy) is 1. The van der Waals surface area contributed by atoms with E-state index in [0.717, 1.165) is 38.9 Å². The molecule has 2 unspecified atom stereocenters. The van der Waals surface area contributed by atoms with Crippen molar-refractivity contribution in [3.05, 3.63) is 0 Å². The molecule has 1 heterocycles. The average Bonchev–Trinajstić information content (AvgIpc) is 2.29. The lowest BCUT2D eigenvalue weighted by molar-refractivity contribution is -0.0509. The maximum Gasteiger partial charge on any atom is 0.101 e. The fourth-order valence-electron chi connectivity index (χ4n) is 2.39. The monoisotopic (exact) mass is 239 g/mol. The molecule has 1 aliphatic rings. The van der Waals surface area contributed by atoms with Gasteiger partial charge in [-0.25, -0.2) is 0 Å². The number of piperidine rings is 1. The van der Waals surface area contributed by atoms with Crippen molar-refractivity contribution in [1.29, 1.82) is 5.26 Å². The van der Waals surface area contributed by atoms with Crippen molar-refractivity contribution in [3.8, 4) is 6.07 Å². The average molecular weight is 239 g/mol. The summed E-state index contributed by atoms with van der Waals surface area (Å²) in [6, 6.07) is 2.14. The van der Waals surface area contributed by atoms with E-state index in [1.165, 1.54) is 6.42 Å². The van der Waals surface area contributed by atoms with Gasteiger partial charge < -0.3 is 15.4 Å². The van der Waals surface area contributed by atoms with Crippen molar-refractivity contribution < 1.29 is 4.74 Å². The molecule has 1 rings (SSSR count). The normalized spacial score (nSPS) is 29.6. The van der Waals surface area contributed by atoms with Crippen LogP contribution in [0.3, 0.4) is 0 Å². The lowest BCUT2D eigenvalue weighted by Gasteiger charge is -2.39. The molecule has 1 fully saturated rings. The maximum absolute atomic E-state index is 8.84. The van der Waals surface area contributed by atoms with Crippen LogP contribution in [-0.4, -0.2) is 42.8 Å². The number of nitriles is 1. The van der Waals surface area contributed by atoms with Crippen molar-refractivity contribution in [2.24, 2.45) is 5.73 Å². The summed E-state index contributed by atoms with van der Waals surface area (Å²) in [4.78, 5) is 2.42. The second-order valence-electron chi connectivity index (χ2n) is 5.67. The minimum Gasteiger partial charge on any atom is -0.377 e. The van der Waals surface area contributed by atoms with Gasteiger partial charge in [-0.15, -0.1) is 0 Å². The summed E-state index contributed by atoms with van der Waals surface area (Å²) in [7, 11) is 1.79. The van der Waals surface area contributed by atoms with Gasteiger partial charge in [-0.1, -0.05) is 0 Å². The summed E-state index contributed by atoms with van der Waals surface area (Å²) >= 11 is 0. The Hall–Kier alpha value is -0.630. The van der Waals surface area contributed by atoms with Crippen molar-refractivity contribution in [1.82, 2.24) is 4.90 Å². The van der Waals surface area contributed by atoms with E-state index in [9.17, 15) is 0 Å². The van der Waals surface area contributed by atoms with Gasteiger partial charge in [-0.3, -0.25) is 0 Å². The van der Waals surface area contributed by atoms with Gasteiger partial charge in [-0.2, -0.15) is 5.26 Å². The summed E-state index contributed by atoms with van der Waals surface area (Å²) in [5.41, 5.74) is 5.13. The van der Waals surface area contributed by atoms with Crippen LogP contribution in [0.25, 0.3) is 0 Å². The number of nitrogens with two attached hydrogens (primary N) is 1. The van der Waals surface area contributed by atoms with Crippen LogP contribution in [0.4, 0.5) is 0 Å². The van der Waals surface area contributed by atoms with E-state index < -0.39 is 5.54 Å². The number of likely N-dealkylation sites (tertiary alicyclic amines) is 1. The Morgan fingerprint density at radius 3 is 2.88 bits per heavy atom. The van der Waals surface area contributed by atoms with Crippen molar-refractivity contribution in [3.63, 3.8) is 0 Å². The van der Waals surface area contributed by atoms with Gasteiger partial charge in [0.05, 0.1) is 11.7 Å². The molecule has 17 heavy (non-hydrogen) atoms. The Labute approximate surface area is 105 Å². The van der Waals surface area contributed by atoms with E-state index in [1.807, 2.05) is 0 Å². The first-order valence-electron chi connectivity index (χ1n) is 6.38. The summed E-state index contributed by atoms with van der Waals surface area (Å²) in [6.07, 6.45) is 4.04. The summed E-state index contributed by atoms with van der Waals surface area (Å²) in [5.74, 6) is 0. The van der Waals surface area contributed by atoms with Crippen molar-refractivity contribution in [2.45, 2.75) is 50.7 Å². The third-order valence-electron chi connectivity index (χ3n) is 3.66. The van der Waals surface area contributed by atoms with Crippen LogP contribution in [0.2, 0.25) is 0 Å². The van der Waals surface area contributed by atoms with Crippen LogP contribution in [0.15, 0.2) is 0 Å². The Balaban J connectivity index is 2.31. The lowest BCUT2D eigenvalue weighted by Crippen LogP contribution is -2.47. The highest BCUT2D eigenvalue weighted by atomic mass is 16.5. The molecule has 1 saturated heterocycles. The first kappa shape index (κ1) is 14.4. The molecule has 1 aliphatic heterocycles. The van der Waals surface area contributed by atoms with E-state index in [1.54, 1.807) is 14.0 Å². The molecular formula is C13H25N3O. The maximum atomic E-state index is 8.84. The summed E-state index contributed by atoms with van der Waals surface area (Å²) in [6.45, 7) is 7.08. The zero-order chi connectivity index (χ0) is 12.9. The zero-order valence-electron chi connectivity index (χ0n) is 11.3. The minimum absolute atomic E-state index is 0.000500. The number of rotatable bonds is 5. The van der Waals surface area contributed by atoms with E-state index in [0.29, 0.717) is 0 Å². The molecule has 0 aliphatic carbocycles. The smallest absolute Gasteiger partial charge is 0.101 e. The molecule has 2 atom stereocenters. The number of hydrogen-bond donors (Lipinski definition) is 1. The van der Waals surface area contributed by atoms with Gasteiger partial charge in [-0.05, 0) is 52.6 Å².